The molecule has 3 nitrogen and oxygen atoms in total. The van der Waals surface area contributed by atoms with Gasteiger partial charge in [-0.2, -0.15) is 0 Å². The van der Waals surface area contributed by atoms with Gasteiger partial charge in [0, 0.05) is 16.6 Å². The predicted octanol–water partition coefficient (Wildman–Crippen LogP) is 3.69. The summed E-state index contributed by atoms with van der Waals surface area (Å²) in [5, 5.41) is 9.85. The second kappa shape index (κ2) is 7.46. The van der Waals surface area contributed by atoms with Crippen LogP contribution in [-0.4, -0.2) is 11.1 Å². The topological polar surface area (TPSA) is 55.5 Å². The number of ether oxygens (including phenoxy) is 1. The Morgan fingerprint density at radius 3 is 2.62 bits per heavy atom. The van der Waals surface area contributed by atoms with Crippen LogP contribution >= 0.6 is 11.6 Å². The Balaban J connectivity index is 2.31. The zero-order valence-corrected chi connectivity index (χ0v) is 12.8. The molecule has 0 bridgehead atoms. The van der Waals surface area contributed by atoms with E-state index in [0.717, 1.165) is 17.5 Å². The van der Waals surface area contributed by atoms with Crippen molar-refractivity contribution in [3.63, 3.8) is 0 Å². The van der Waals surface area contributed by atoms with Gasteiger partial charge in [0.05, 0.1) is 6.61 Å². The molecule has 0 saturated heterocycles. The van der Waals surface area contributed by atoms with E-state index in [1.807, 2.05) is 55.5 Å². The van der Waals surface area contributed by atoms with Crippen molar-refractivity contribution in [2.24, 2.45) is 5.73 Å². The smallest absolute Gasteiger partial charge is 0.140 e. The van der Waals surface area contributed by atoms with Gasteiger partial charge in [-0.15, -0.1) is 0 Å². The average molecular weight is 306 g/mol. The molecule has 3 N–H and O–H groups in total. The molecule has 0 saturated carbocycles. The lowest BCUT2D eigenvalue weighted by molar-refractivity contribution is 0.170. The van der Waals surface area contributed by atoms with E-state index < -0.39 is 0 Å². The lowest BCUT2D eigenvalue weighted by atomic mass is 10.0. The van der Waals surface area contributed by atoms with Gasteiger partial charge in [-0.05, 0) is 30.2 Å². The SMILES string of the molecule is CCC(N)C(Oc1cccc(CO)c1)c1ccccc1Cl. The van der Waals surface area contributed by atoms with Gasteiger partial charge in [-0.1, -0.05) is 48.9 Å². The molecule has 2 atom stereocenters. The van der Waals surface area contributed by atoms with Crippen LogP contribution in [0.3, 0.4) is 0 Å². The van der Waals surface area contributed by atoms with Gasteiger partial charge in [0.15, 0.2) is 0 Å². The lowest BCUT2D eigenvalue weighted by Gasteiger charge is -2.25. The van der Waals surface area contributed by atoms with Gasteiger partial charge >= 0.3 is 0 Å². The number of rotatable bonds is 6. The highest BCUT2D eigenvalue weighted by atomic mass is 35.5. The molecule has 0 aliphatic heterocycles. The van der Waals surface area contributed by atoms with E-state index in [1.165, 1.54) is 0 Å². The largest absolute Gasteiger partial charge is 0.484 e. The Bertz CT molecular complexity index is 589. The maximum absolute atomic E-state index is 9.21. The first kappa shape index (κ1) is 15.8. The molecule has 0 heterocycles. The Hall–Kier alpha value is -1.55. The Morgan fingerprint density at radius 1 is 1.19 bits per heavy atom. The monoisotopic (exact) mass is 305 g/mol. The Morgan fingerprint density at radius 2 is 1.95 bits per heavy atom. The fourth-order valence-corrected chi connectivity index (χ4v) is 2.41. The van der Waals surface area contributed by atoms with Crippen LogP contribution in [-0.2, 0) is 6.61 Å². The molecule has 112 valence electrons. The Labute approximate surface area is 130 Å². The molecule has 0 aliphatic carbocycles. The summed E-state index contributed by atoms with van der Waals surface area (Å²) in [5.41, 5.74) is 7.88. The fourth-order valence-electron chi connectivity index (χ4n) is 2.17. The first-order chi connectivity index (χ1) is 10.2. The van der Waals surface area contributed by atoms with Gasteiger partial charge in [-0.25, -0.2) is 0 Å². The van der Waals surface area contributed by atoms with Crippen molar-refractivity contribution in [2.75, 3.05) is 0 Å². The minimum Gasteiger partial charge on any atom is -0.484 e. The lowest BCUT2D eigenvalue weighted by Crippen LogP contribution is -2.31. The van der Waals surface area contributed by atoms with Gasteiger partial charge in [0.2, 0.25) is 0 Å². The Kier molecular flexibility index (Phi) is 5.62. The van der Waals surface area contributed by atoms with E-state index >= 15 is 0 Å². The molecule has 2 unspecified atom stereocenters. The molecule has 0 radical (unpaired) electrons. The van der Waals surface area contributed by atoms with Crippen molar-refractivity contribution in [1.82, 2.24) is 0 Å². The van der Waals surface area contributed by atoms with Crippen LogP contribution < -0.4 is 10.5 Å². The average Bonchev–Trinajstić information content (AvgIpc) is 2.53. The first-order valence-electron chi connectivity index (χ1n) is 7.02. The summed E-state index contributed by atoms with van der Waals surface area (Å²) < 4.78 is 6.06. The van der Waals surface area contributed by atoms with Crippen molar-refractivity contribution in [3.8, 4) is 5.75 Å². The van der Waals surface area contributed by atoms with Crippen molar-refractivity contribution >= 4 is 11.6 Å². The molecular formula is C17H20ClNO2. The highest BCUT2D eigenvalue weighted by Gasteiger charge is 2.22. The van der Waals surface area contributed by atoms with Crippen LogP contribution in [0.4, 0.5) is 0 Å². The van der Waals surface area contributed by atoms with Crippen molar-refractivity contribution in [2.45, 2.75) is 32.1 Å². The van der Waals surface area contributed by atoms with Crippen LogP contribution in [0.2, 0.25) is 5.02 Å². The number of nitrogens with two attached hydrogens (primary N) is 1. The normalized spacial score (nSPS) is 13.7. The number of hydrogen-bond acceptors (Lipinski definition) is 3. The quantitative estimate of drug-likeness (QED) is 0.856. The number of benzene rings is 2. The predicted molar refractivity (Wildman–Crippen MR) is 85.5 cm³/mol. The molecule has 2 aromatic rings. The van der Waals surface area contributed by atoms with Crippen LogP contribution in [0, 0.1) is 0 Å². The molecule has 4 heteroatoms. The molecular weight excluding hydrogens is 286 g/mol. The summed E-state index contributed by atoms with van der Waals surface area (Å²) in [6, 6.07) is 14.8. The maximum atomic E-state index is 9.21. The summed E-state index contributed by atoms with van der Waals surface area (Å²) in [6.45, 7) is 2.00. The third-order valence-electron chi connectivity index (χ3n) is 3.42. The van der Waals surface area contributed by atoms with Crippen molar-refractivity contribution in [1.29, 1.82) is 0 Å². The molecule has 0 amide bonds. The van der Waals surface area contributed by atoms with Crippen LogP contribution in [0.5, 0.6) is 5.75 Å². The summed E-state index contributed by atoms with van der Waals surface area (Å²) in [4.78, 5) is 0. The van der Waals surface area contributed by atoms with Crippen LogP contribution in [0.15, 0.2) is 48.5 Å². The highest BCUT2D eigenvalue weighted by molar-refractivity contribution is 6.31. The van der Waals surface area contributed by atoms with Gasteiger partial charge in [0.1, 0.15) is 11.9 Å². The number of aliphatic hydroxyl groups excluding tert-OH is 1. The third kappa shape index (κ3) is 3.97. The molecule has 2 rings (SSSR count). The van der Waals surface area contributed by atoms with Crippen LogP contribution in [0.25, 0.3) is 0 Å². The summed E-state index contributed by atoms with van der Waals surface area (Å²) >= 11 is 6.27. The van der Waals surface area contributed by atoms with Gasteiger partial charge in [0.25, 0.3) is 0 Å². The minimum atomic E-state index is -0.322. The number of aliphatic hydroxyl groups is 1. The minimum absolute atomic E-state index is 0.0200. The van der Waals surface area contributed by atoms with Crippen molar-refractivity contribution < 1.29 is 9.84 Å². The summed E-state index contributed by atoms with van der Waals surface area (Å²) in [6.07, 6.45) is 0.452. The second-order valence-corrected chi connectivity index (χ2v) is 5.34. The number of hydrogen-bond donors (Lipinski definition) is 2. The maximum Gasteiger partial charge on any atom is 0.140 e. The molecule has 0 aliphatic rings. The van der Waals surface area contributed by atoms with E-state index in [4.69, 9.17) is 22.1 Å². The molecule has 0 aromatic heterocycles. The third-order valence-corrected chi connectivity index (χ3v) is 3.76. The zero-order chi connectivity index (χ0) is 15.2. The van der Waals surface area contributed by atoms with E-state index in [-0.39, 0.29) is 18.8 Å². The second-order valence-electron chi connectivity index (χ2n) is 4.94. The van der Waals surface area contributed by atoms with Gasteiger partial charge < -0.3 is 15.6 Å². The van der Waals surface area contributed by atoms with Gasteiger partial charge in [-0.3, -0.25) is 0 Å². The molecule has 0 spiro atoms. The van der Waals surface area contributed by atoms with Crippen molar-refractivity contribution in [3.05, 3.63) is 64.7 Å². The highest BCUT2D eigenvalue weighted by Crippen LogP contribution is 2.30. The fraction of sp³-hybridized carbons (Fsp3) is 0.294. The zero-order valence-electron chi connectivity index (χ0n) is 12.0. The summed E-state index contributed by atoms with van der Waals surface area (Å²) in [5.74, 6) is 0.676. The van der Waals surface area contributed by atoms with E-state index in [0.29, 0.717) is 10.8 Å². The van der Waals surface area contributed by atoms with E-state index in [1.54, 1.807) is 0 Å². The van der Waals surface area contributed by atoms with Crippen LogP contribution in [0.1, 0.15) is 30.6 Å². The summed E-state index contributed by atoms with van der Waals surface area (Å²) in [7, 11) is 0. The van der Waals surface area contributed by atoms with E-state index in [2.05, 4.69) is 0 Å². The molecule has 0 fully saturated rings. The number of halogens is 1. The molecule has 21 heavy (non-hydrogen) atoms. The standard InChI is InChI=1S/C17H20ClNO2/c1-2-16(19)17(14-8-3-4-9-15(14)18)21-13-7-5-6-12(10-13)11-20/h3-10,16-17,20H,2,11,19H2,1H3. The first-order valence-corrected chi connectivity index (χ1v) is 7.40. The van der Waals surface area contributed by atoms with E-state index in [9.17, 15) is 5.11 Å². The molecule has 2 aromatic carbocycles.